The number of H-pyrrole nitrogens is 1. The van der Waals surface area contributed by atoms with E-state index in [0.717, 1.165) is 44.5 Å². The van der Waals surface area contributed by atoms with Crippen LogP contribution in [0.5, 0.6) is 0 Å². The van der Waals surface area contributed by atoms with Gasteiger partial charge in [-0.05, 0) is 38.6 Å². The predicted molar refractivity (Wildman–Crippen MR) is 92.9 cm³/mol. The first kappa shape index (κ1) is 16.8. The zero-order valence-electron chi connectivity index (χ0n) is 14.5. The fourth-order valence-electron chi connectivity index (χ4n) is 3.83. The second-order valence-corrected chi connectivity index (χ2v) is 7.02. The number of tetrazole rings is 1. The second kappa shape index (κ2) is 7.32. The highest BCUT2D eigenvalue weighted by Gasteiger charge is 2.42. The van der Waals surface area contributed by atoms with Gasteiger partial charge in [0.05, 0.1) is 6.20 Å². The third-order valence-corrected chi connectivity index (χ3v) is 5.30. The molecule has 1 amide bonds. The van der Waals surface area contributed by atoms with Gasteiger partial charge in [-0.2, -0.15) is 5.21 Å². The Balaban J connectivity index is 1.33. The Bertz CT molecular complexity index is 707. The molecule has 1 aliphatic heterocycles. The number of anilines is 1. The Hall–Kier alpha value is -2.62. The van der Waals surface area contributed by atoms with Crippen molar-refractivity contribution in [2.45, 2.75) is 43.7 Å². The van der Waals surface area contributed by atoms with Crippen molar-refractivity contribution in [2.75, 3.05) is 18.4 Å². The second-order valence-electron chi connectivity index (χ2n) is 7.02. The van der Waals surface area contributed by atoms with E-state index in [1.807, 2.05) is 0 Å². The molecule has 2 fully saturated rings. The average molecular weight is 357 g/mol. The van der Waals surface area contributed by atoms with E-state index >= 15 is 0 Å². The van der Waals surface area contributed by atoms with Crippen LogP contribution in [0.3, 0.4) is 0 Å². The summed E-state index contributed by atoms with van der Waals surface area (Å²) >= 11 is 0. The summed E-state index contributed by atoms with van der Waals surface area (Å²) in [4.78, 5) is 21.2. The normalized spacial score (nSPS) is 28.6. The highest BCUT2D eigenvalue weighted by atomic mass is 16.2. The minimum absolute atomic E-state index is 0.0132. The number of rotatable bonds is 5. The van der Waals surface area contributed by atoms with Crippen LogP contribution in [0.2, 0.25) is 0 Å². The number of aromatic amines is 1. The molecule has 2 aromatic heterocycles. The molecule has 0 bridgehead atoms. The third-order valence-electron chi connectivity index (χ3n) is 5.30. The van der Waals surface area contributed by atoms with Gasteiger partial charge < -0.3 is 16.0 Å². The maximum Gasteiger partial charge on any atom is 0.223 e. The molecule has 4 N–H and O–H groups in total. The lowest BCUT2D eigenvalue weighted by Gasteiger charge is -2.32. The number of hydrogen-bond donors (Lipinski definition) is 4. The van der Waals surface area contributed by atoms with Crippen molar-refractivity contribution in [2.24, 2.45) is 5.92 Å². The first-order chi connectivity index (χ1) is 12.8. The fourth-order valence-corrected chi connectivity index (χ4v) is 3.83. The zero-order valence-corrected chi connectivity index (χ0v) is 14.5. The first-order valence-corrected chi connectivity index (χ1v) is 9.04. The third kappa shape index (κ3) is 3.50. The monoisotopic (exact) mass is 357 g/mol. The molecule has 1 unspecified atom stereocenters. The van der Waals surface area contributed by atoms with E-state index in [1.54, 1.807) is 18.6 Å². The molecular formula is C16H23N9O. The van der Waals surface area contributed by atoms with Crippen molar-refractivity contribution in [3.8, 4) is 0 Å². The van der Waals surface area contributed by atoms with Gasteiger partial charge in [0.2, 0.25) is 11.7 Å². The first-order valence-electron chi connectivity index (χ1n) is 9.04. The number of carbonyl (C=O) groups excluding carboxylic acids is 1. The smallest absolute Gasteiger partial charge is 0.223 e. The topological polar surface area (TPSA) is 133 Å². The van der Waals surface area contributed by atoms with Gasteiger partial charge in [-0.25, -0.2) is 4.98 Å². The van der Waals surface area contributed by atoms with Gasteiger partial charge in [-0.15, -0.1) is 10.2 Å². The summed E-state index contributed by atoms with van der Waals surface area (Å²) in [6, 6.07) is 0.329. The van der Waals surface area contributed by atoms with Gasteiger partial charge >= 0.3 is 0 Å². The van der Waals surface area contributed by atoms with Crippen molar-refractivity contribution in [3.63, 3.8) is 0 Å². The molecule has 1 saturated carbocycles. The number of amides is 1. The molecule has 2 aromatic rings. The molecule has 10 nitrogen and oxygen atoms in total. The van der Waals surface area contributed by atoms with Gasteiger partial charge in [-0.1, -0.05) is 5.21 Å². The van der Waals surface area contributed by atoms with Crippen LogP contribution in [0, 0.1) is 5.92 Å². The van der Waals surface area contributed by atoms with Crippen LogP contribution in [0.25, 0.3) is 0 Å². The number of nitrogens with zero attached hydrogens (tertiary/aromatic N) is 5. The summed E-state index contributed by atoms with van der Waals surface area (Å²) in [5, 5.41) is 24.2. The van der Waals surface area contributed by atoms with Crippen LogP contribution in [-0.4, -0.2) is 55.6 Å². The van der Waals surface area contributed by atoms with Crippen LogP contribution in [0.4, 0.5) is 5.82 Å². The van der Waals surface area contributed by atoms with Gasteiger partial charge in [0.1, 0.15) is 11.4 Å². The summed E-state index contributed by atoms with van der Waals surface area (Å²) in [7, 11) is 0. The predicted octanol–water partition coefficient (Wildman–Crippen LogP) is -0.0346. The van der Waals surface area contributed by atoms with Crippen LogP contribution in [0.15, 0.2) is 18.6 Å². The summed E-state index contributed by atoms with van der Waals surface area (Å²) in [6.07, 6.45) is 9.38. The van der Waals surface area contributed by atoms with Crippen LogP contribution < -0.4 is 16.0 Å². The molecule has 1 atom stereocenters. The summed E-state index contributed by atoms with van der Waals surface area (Å²) in [5.74, 6) is 1.43. The van der Waals surface area contributed by atoms with E-state index < -0.39 is 5.54 Å². The largest absolute Gasteiger partial charge is 0.366 e. The summed E-state index contributed by atoms with van der Waals surface area (Å²) < 4.78 is 0. The Labute approximate surface area is 151 Å². The molecular weight excluding hydrogens is 334 g/mol. The minimum Gasteiger partial charge on any atom is -0.366 e. The zero-order chi connectivity index (χ0) is 17.8. The lowest BCUT2D eigenvalue weighted by molar-refractivity contribution is -0.128. The summed E-state index contributed by atoms with van der Waals surface area (Å²) in [6.45, 7) is 1.45. The van der Waals surface area contributed by atoms with E-state index in [9.17, 15) is 4.79 Å². The maximum absolute atomic E-state index is 12.9. The molecule has 0 radical (unpaired) electrons. The number of nitrogens with one attached hydrogen (secondary N) is 4. The molecule has 1 aliphatic carbocycles. The molecule has 0 aromatic carbocycles. The molecule has 2 aliphatic rings. The Morgan fingerprint density at radius 3 is 2.77 bits per heavy atom. The lowest BCUT2D eigenvalue weighted by Crippen LogP contribution is -2.51. The molecule has 4 rings (SSSR count). The highest BCUT2D eigenvalue weighted by Crippen LogP contribution is 2.29. The van der Waals surface area contributed by atoms with E-state index in [1.165, 1.54) is 0 Å². The van der Waals surface area contributed by atoms with Crippen molar-refractivity contribution in [1.29, 1.82) is 0 Å². The lowest BCUT2D eigenvalue weighted by atomic mass is 9.84. The SMILES string of the molecule is O=C(NC1(c2nn[nH]n2)CCNC1)C1CCC(Nc2cnccn2)CC1. The van der Waals surface area contributed by atoms with Crippen LogP contribution >= 0.6 is 0 Å². The molecule has 0 spiro atoms. The fraction of sp³-hybridized carbons (Fsp3) is 0.625. The van der Waals surface area contributed by atoms with E-state index in [2.05, 4.69) is 46.5 Å². The molecule has 26 heavy (non-hydrogen) atoms. The minimum atomic E-state index is -0.557. The molecule has 3 heterocycles. The van der Waals surface area contributed by atoms with Crippen molar-refractivity contribution in [3.05, 3.63) is 24.4 Å². The van der Waals surface area contributed by atoms with Gasteiger partial charge in [-0.3, -0.25) is 9.78 Å². The summed E-state index contributed by atoms with van der Waals surface area (Å²) in [5.41, 5.74) is -0.557. The van der Waals surface area contributed by atoms with Crippen molar-refractivity contribution < 1.29 is 4.79 Å². The molecule has 138 valence electrons. The van der Waals surface area contributed by atoms with Gasteiger partial charge in [0.25, 0.3) is 0 Å². The number of hydrogen-bond acceptors (Lipinski definition) is 8. The molecule has 1 saturated heterocycles. The number of carbonyl (C=O) groups is 1. The quantitative estimate of drug-likeness (QED) is 0.586. The average Bonchev–Trinajstić information content (AvgIpc) is 3.36. The van der Waals surface area contributed by atoms with E-state index in [0.29, 0.717) is 18.4 Å². The number of aromatic nitrogens is 6. The van der Waals surface area contributed by atoms with Crippen molar-refractivity contribution >= 4 is 11.7 Å². The van der Waals surface area contributed by atoms with Gasteiger partial charge in [0.15, 0.2) is 0 Å². The van der Waals surface area contributed by atoms with Crippen LogP contribution in [0.1, 0.15) is 37.9 Å². The maximum atomic E-state index is 12.9. The van der Waals surface area contributed by atoms with Crippen molar-refractivity contribution in [1.82, 2.24) is 41.2 Å². The Morgan fingerprint density at radius 1 is 1.23 bits per heavy atom. The Kier molecular flexibility index (Phi) is 4.74. The standard InChI is InChI=1S/C16H23N9O/c26-14(21-16(5-6-18-10-16)15-22-24-25-23-15)11-1-3-12(4-2-11)20-13-9-17-7-8-19-13/h7-9,11-12,18H,1-6,10H2,(H,19,20)(H,21,26)(H,22,23,24,25). The highest BCUT2D eigenvalue weighted by molar-refractivity contribution is 5.79. The Morgan fingerprint density at radius 2 is 2.12 bits per heavy atom. The van der Waals surface area contributed by atoms with Gasteiger partial charge in [0, 0.05) is 30.9 Å². The van der Waals surface area contributed by atoms with E-state index in [4.69, 9.17) is 0 Å². The molecule has 10 heteroatoms. The van der Waals surface area contributed by atoms with Crippen LogP contribution in [-0.2, 0) is 10.3 Å². The van der Waals surface area contributed by atoms with E-state index in [-0.39, 0.29) is 11.8 Å².